The molecule has 0 fully saturated rings. The van der Waals surface area contributed by atoms with E-state index in [0.717, 1.165) is 0 Å². The van der Waals surface area contributed by atoms with E-state index in [9.17, 15) is 4.79 Å². The van der Waals surface area contributed by atoms with Gasteiger partial charge < -0.3 is 16.8 Å². The van der Waals surface area contributed by atoms with Gasteiger partial charge in [0, 0.05) is 25.0 Å². The lowest BCUT2D eigenvalue weighted by Crippen LogP contribution is -2.26. The van der Waals surface area contributed by atoms with Gasteiger partial charge in [0.25, 0.3) is 5.91 Å². The number of primary amides is 1. The van der Waals surface area contributed by atoms with Crippen LogP contribution in [0.4, 0.5) is 5.69 Å². The first-order valence-corrected chi connectivity index (χ1v) is 4.34. The van der Waals surface area contributed by atoms with Gasteiger partial charge in [-0.3, -0.25) is 9.78 Å². The maximum atomic E-state index is 11.0. The summed E-state index contributed by atoms with van der Waals surface area (Å²) in [6.07, 6.45) is 3.03. The zero-order chi connectivity index (χ0) is 10.6. The molecule has 0 saturated carbocycles. The van der Waals surface area contributed by atoms with Crippen LogP contribution in [0.2, 0.25) is 0 Å². The Morgan fingerprint density at radius 2 is 2.43 bits per heavy atom. The van der Waals surface area contributed by atoms with E-state index in [1.165, 1.54) is 6.20 Å². The van der Waals surface area contributed by atoms with Crippen LogP contribution in [0.3, 0.4) is 0 Å². The summed E-state index contributed by atoms with van der Waals surface area (Å²) in [6.45, 7) is 2.46. The quantitative estimate of drug-likeness (QED) is 0.625. The maximum Gasteiger partial charge on any atom is 0.252 e. The number of hydrogen-bond acceptors (Lipinski definition) is 4. The highest BCUT2D eigenvalue weighted by molar-refractivity contribution is 5.98. The molecule has 1 unspecified atom stereocenters. The van der Waals surface area contributed by atoms with Crippen molar-refractivity contribution in [3.63, 3.8) is 0 Å². The molecule has 1 rings (SSSR count). The molecule has 0 radical (unpaired) electrons. The van der Waals surface area contributed by atoms with Crippen molar-refractivity contribution >= 4 is 11.6 Å². The predicted molar refractivity (Wildman–Crippen MR) is 54.9 cm³/mol. The third-order valence-electron chi connectivity index (χ3n) is 1.70. The Bertz CT molecular complexity index is 324. The molecule has 76 valence electrons. The van der Waals surface area contributed by atoms with Crippen LogP contribution in [0, 0.1) is 0 Å². The summed E-state index contributed by atoms with van der Waals surface area (Å²) in [7, 11) is 0. The summed E-state index contributed by atoms with van der Waals surface area (Å²) < 4.78 is 0. The monoisotopic (exact) mass is 194 g/mol. The summed E-state index contributed by atoms with van der Waals surface area (Å²) in [5.74, 6) is -0.495. The lowest BCUT2D eigenvalue weighted by Gasteiger charge is -2.11. The number of rotatable bonds is 4. The van der Waals surface area contributed by atoms with E-state index < -0.39 is 5.91 Å². The number of carbonyl (C=O) groups is 1. The standard InChI is InChI=1S/C9H14N4O/c1-6(10)4-13-8-2-3-12-5-7(8)9(11)14/h2-3,5-6H,4,10H2,1H3,(H2,11,14)(H,12,13). The Morgan fingerprint density at radius 1 is 1.71 bits per heavy atom. The number of hydrogen-bond donors (Lipinski definition) is 3. The first-order valence-electron chi connectivity index (χ1n) is 4.34. The number of nitrogens with zero attached hydrogens (tertiary/aromatic N) is 1. The smallest absolute Gasteiger partial charge is 0.252 e. The second-order valence-corrected chi connectivity index (χ2v) is 3.14. The molecular formula is C9H14N4O. The lowest BCUT2D eigenvalue weighted by atomic mass is 10.2. The minimum Gasteiger partial charge on any atom is -0.383 e. The van der Waals surface area contributed by atoms with Gasteiger partial charge in [0.15, 0.2) is 0 Å². The number of nitrogens with one attached hydrogen (secondary N) is 1. The number of nitrogens with two attached hydrogens (primary N) is 2. The Morgan fingerprint density at radius 3 is 3.00 bits per heavy atom. The molecular weight excluding hydrogens is 180 g/mol. The molecule has 1 atom stereocenters. The van der Waals surface area contributed by atoms with Crippen molar-refractivity contribution in [1.29, 1.82) is 0 Å². The van der Waals surface area contributed by atoms with E-state index in [0.29, 0.717) is 17.8 Å². The van der Waals surface area contributed by atoms with Crippen molar-refractivity contribution < 1.29 is 4.79 Å². The fraction of sp³-hybridized carbons (Fsp3) is 0.333. The predicted octanol–water partition coefficient (Wildman–Crippen LogP) is -0.0604. The molecule has 0 aliphatic heterocycles. The van der Waals surface area contributed by atoms with Crippen LogP contribution in [0.5, 0.6) is 0 Å². The number of pyridine rings is 1. The highest BCUT2D eigenvalue weighted by Gasteiger charge is 2.07. The molecule has 1 heterocycles. The van der Waals surface area contributed by atoms with Gasteiger partial charge in [-0.05, 0) is 13.0 Å². The zero-order valence-electron chi connectivity index (χ0n) is 8.03. The van der Waals surface area contributed by atoms with Crippen LogP contribution in [-0.2, 0) is 0 Å². The summed E-state index contributed by atoms with van der Waals surface area (Å²) in [5.41, 5.74) is 11.8. The van der Waals surface area contributed by atoms with Crippen LogP contribution >= 0.6 is 0 Å². The Balaban J connectivity index is 2.79. The molecule has 1 aromatic heterocycles. The minimum atomic E-state index is -0.495. The number of amides is 1. The minimum absolute atomic E-state index is 0.0175. The molecule has 0 spiro atoms. The summed E-state index contributed by atoms with van der Waals surface area (Å²) in [4.78, 5) is 14.8. The molecule has 0 aliphatic rings. The Hall–Kier alpha value is -1.62. The van der Waals surface area contributed by atoms with Gasteiger partial charge in [0.1, 0.15) is 0 Å². The van der Waals surface area contributed by atoms with Crippen molar-refractivity contribution in [3.05, 3.63) is 24.0 Å². The highest BCUT2D eigenvalue weighted by atomic mass is 16.1. The van der Waals surface area contributed by atoms with E-state index in [1.54, 1.807) is 12.3 Å². The van der Waals surface area contributed by atoms with Crippen molar-refractivity contribution in [2.24, 2.45) is 11.5 Å². The van der Waals surface area contributed by atoms with Crippen LogP contribution in [0.25, 0.3) is 0 Å². The number of carbonyl (C=O) groups excluding carboxylic acids is 1. The van der Waals surface area contributed by atoms with E-state index >= 15 is 0 Å². The fourth-order valence-corrected chi connectivity index (χ4v) is 1.02. The van der Waals surface area contributed by atoms with Crippen LogP contribution in [0.15, 0.2) is 18.5 Å². The van der Waals surface area contributed by atoms with Crippen LogP contribution in [0.1, 0.15) is 17.3 Å². The van der Waals surface area contributed by atoms with Gasteiger partial charge in [0.05, 0.1) is 11.3 Å². The molecule has 0 aromatic carbocycles. The first-order chi connectivity index (χ1) is 6.61. The van der Waals surface area contributed by atoms with Crippen molar-refractivity contribution in [2.75, 3.05) is 11.9 Å². The summed E-state index contributed by atoms with van der Waals surface area (Å²) in [6, 6.07) is 1.71. The molecule has 1 amide bonds. The average molecular weight is 194 g/mol. The molecule has 5 heteroatoms. The third-order valence-corrected chi connectivity index (χ3v) is 1.70. The zero-order valence-corrected chi connectivity index (χ0v) is 8.03. The summed E-state index contributed by atoms with van der Waals surface area (Å²) >= 11 is 0. The van der Waals surface area contributed by atoms with E-state index in [2.05, 4.69) is 10.3 Å². The van der Waals surface area contributed by atoms with Crippen molar-refractivity contribution in [2.45, 2.75) is 13.0 Å². The number of aromatic nitrogens is 1. The Kier molecular flexibility index (Phi) is 3.41. The second-order valence-electron chi connectivity index (χ2n) is 3.14. The molecule has 1 aromatic rings. The largest absolute Gasteiger partial charge is 0.383 e. The first kappa shape index (κ1) is 10.5. The van der Waals surface area contributed by atoms with Crippen LogP contribution < -0.4 is 16.8 Å². The van der Waals surface area contributed by atoms with Gasteiger partial charge >= 0.3 is 0 Å². The summed E-state index contributed by atoms with van der Waals surface area (Å²) in [5, 5.41) is 3.03. The van der Waals surface area contributed by atoms with Crippen molar-refractivity contribution in [3.8, 4) is 0 Å². The van der Waals surface area contributed by atoms with Gasteiger partial charge in [-0.15, -0.1) is 0 Å². The normalized spacial score (nSPS) is 12.1. The molecule has 5 nitrogen and oxygen atoms in total. The topological polar surface area (TPSA) is 94.0 Å². The van der Waals surface area contributed by atoms with Gasteiger partial charge in [-0.2, -0.15) is 0 Å². The average Bonchev–Trinajstić information content (AvgIpc) is 2.15. The van der Waals surface area contributed by atoms with Gasteiger partial charge in [0.2, 0.25) is 0 Å². The third kappa shape index (κ3) is 2.70. The molecule has 0 saturated heterocycles. The number of anilines is 1. The fourth-order valence-electron chi connectivity index (χ4n) is 1.02. The second kappa shape index (κ2) is 4.57. The molecule has 5 N–H and O–H groups in total. The Labute approximate surface area is 82.5 Å². The lowest BCUT2D eigenvalue weighted by molar-refractivity contribution is 0.100. The van der Waals surface area contributed by atoms with E-state index in [-0.39, 0.29) is 6.04 Å². The van der Waals surface area contributed by atoms with Gasteiger partial charge in [-0.1, -0.05) is 0 Å². The molecule has 14 heavy (non-hydrogen) atoms. The highest BCUT2D eigenvalue weighted by Crippen LogP contribution is 2.11. The molecule has 0 aliphatic carbocycles. The SMILES string of the molecule is CC(N)CNc1ccncc1C(N)=O. The van der Waals surface area contributed by atoms with Crippen LogP contribution in [-0.4, -0.2) is 23.5 Å². The maximum absolute atomic E-state index is 11.0. The van der Waals surface area contributed by atoms with Crippen molar-refractivity contribution in [1.82, 2.24) is 4.98 Å². The van der Waals surface area contributed by atoms with E-state index in [4.69, 9.17) is 11.5 Å². The molecule has 0 bridgehead atoms. The van der Waals surface area contributed by atoms with Gasteiger partial charge in [-0.25, -0.2) is 0 Å². The van der Waals surface area contributed by atoms with E-state index in [1.807, 2.05) is 6.92 Å².